The average Bonchev–Trinajstić information content (AvgIpc) is 3.24. The van der Waals surface area contributed by atoms with Gasteiger partial charge in [0.1, 0.15) is 0 Å². The van der Waals surface area contributed by atoms with Gasteiger partial charge in [0.25, 0.3) is 5.91 Å². The largest absolute Gasteiger partial charge is 0.290 e. The van der Waals surface area contributed by atoms with Crippen molar-refractivity contribution in [3.63, 3.8) is 0 Å². The highest BCUT2D eigenvalue weighted by atomic mass is 35.5. The molecule has 0 aliphatic heterocycles. The van der Waals surface area contributed by atoms with E-state index in [1.54, 1.807) is 17.6 Å². The molecule has 1 amide bonds. The van der Waals surface area contributed by atoms with Crippen molar-refractivity contribution in [1.82, 2.24) is 34.9 Å². The van der Waals surface area contributed by atoms with Crippen molar-refractivity contribution >= 4 is 45.0 Å². The fourth-order valence-corrected chi connectivity index (χ4v) is 2.97. The lowest BCUT2D eigenvalue weighted by Gasteiger charge is -2.04. The molecule has 4 heterocycles. The summed E-state index contributed by atoms with van der Waals surface area (Å²) in [7, 11) is 0. The summed E-state index contributed by atoms with van der Waals surface area (Å²) >= 11 is 7.15. The van der Waals surface area contributed by atoms with Crippen LogP contribution in [0, 0.1) is 0 Å². The monoisotopic (exact) mass is 358 g/mol. The van der Waals surface area contributed by atoms with E-state index in [1.807, 2.05) is 0 Å². The predicted octanol–water partition coefficient (Wildman–Crippen LogP) is 1.97. The second-order valence-corrected chi connectivity index (χ2v) is 5.76. The molecule has 0 bridgehead atoms. The second-order valence-electron chi connectivity index (χ2n) is 4.51. The zero-order chi connectivity index (χ0) is 16.5. The third-order valence-electron chi connectivity index (χ3n) is 3.02. The summed E-state index contributed by atoms with van der Waals surface area (Å²) in [6.07, 6.45) is 6.14. The lowest BCUT2D eigenvalue weighted by Crippen LogP contribution is -2.15. The Morgan fingerprint density at radius 3 is 2.83 bits per heavy atom. The molecular weight excluding hydrogens is 352 g/mol. The van der Waals surface area contributed by atoms with E-state index in [4.69, 9.17) is 11.6 Å². The molecule has 4 rings (SSSR count). The van der Waals surface area contributed by atoms with Gasteiger partial charge in [-0.3, -0.25) is 10.1 Å². The molecule has 0 saturated heterocycles. The summed E-state index contributed by atoms with van der Waals surface area (Å²) in [6, 6.07) is 1.63. The predicted molar refractivity (Wildman–Crippen MR) is 87.3 cm³/mol. The van der Waals surface area contributed by atoms with Gasteiger partial charge in [-0.2, -0.15) is 15.2 Å². The molecule has 118 valence electrons. The molecule has 9 nitrogen and oxygen atoms in total. The van der Waals surface area contributed by atoms with Crippen molar-refractivity contribution in [1.29, 1.82) is 0 Å². The molecule has 0 aliphatic carbocycles. The molecule has 0 atom stereocenters. The summed E-state index contributed by atoms with van der Waals surface area (Å²) in [6.45, 7) is 0. The van der Waals surface area contributed by atoms with Gasteiger partial charge in [-0.05, 0) is 11.6 Å². The van der Waals surface area contributed by atoms with Crippen LogP contribution in [0.4, 0.5) is 5.95 Å². The van der Waals surface area contributed by atoms with Gasteiger partial charge in [0.05, 0.1) is 28.2 Å². The quantitative estimate of drug-likeness (QED) is 0.557. The van der Waals surface area contributed by atoms with E-state index in [-0.39, 0.29) is 17.1 Å². The molecule has 4 aromatic rings. The maximum absolute atomic E-state index is 12.5. The Hall–Kier alpha value is -2.98. The molecule has 1 N–H and O–H groups in total. The van der Waals surface area contributed by atoms with Crippen molar-refractivity contribution in [2.75, 3.05) is 5.32 Å². The normalized spacial score (nSPS) is 10.9. The minimum atomic E-state index is -0.387. The number of hydrogen-bond acceptors (Lipinski definition) is 8. The Morgan fingerprint density at radius 1 is 1.17 bits per heavy atom. The number of carbonyl (C=O) groups excluding carboxylic acids is 1. The Bertz CT molecular complexity index is 1030. The summed E-state index contributed by atoms with van der Waals surface area (Å²) in [4.78, 5) is 30.0. The van der Waals surface area contributed by atoms with Crippen LogP contribution in [0.3, 0.4) is 0 Å². The van der Waals surface area contributed by atoms with Crippen LogP contribution < -0.4 is 5.32 Å². The SMILES string of the molecule is O=C(Nc1nccc(-n2nccn2)n1)c1csc2cnc(Cl)nc12. The third kappa shape index (κ3) is 2.68. The molecule has 0 fully saturated rings. The first-order valence-corrected chi connectivity index (χ1v) is 7.87. The van der Waals surface area contributed by atoms with E-state index in [2.05, 4.69) is 35.5 Å². The fourth-order valence-electron chi connectivity index (χ4n) is 1.99. The molecule has 0 aliphatic rings. The van der Waals surface area contributed by atoms with E-state index in [0.717, 1.165) is 4.70 Å². The molecule has 0 saturated carbocycles. The Morgan fingerprint density at radius 2 is 2.00 bits per heavy atom. The first-order chi connectivity index (χ1) is 11.7. The maximum atomic E-state index is 12.5. The van der Waals surface area contributed by atoms with Gasteiger partial charge < -0.3 is 0 Å². The lowest BCUT2D eigenvalue weighted by molar-refractivity contribution is 0.102. The minimum Gasteiger partial charge on any atom is -0.290 e. The van der Waals surface area contributed by atoms with E-state index in [0.29, 0.717) is 16.9 Å². The number of nitrogens with one attached hydrogen (secondary N) is 1. The van der Waals surface area contributed by atoms with E-state index in [9.17, 15) is 4.79 Å². The molecule has 24 heavy (non-hydrogen) atoms. The molecule has 0 radical (unpaired) electrons. The van der Waals surface area contributed by atoms with Gasteiger partial charge in [0.15, 0.2) is 5.82 Å². The van der Waals surface area contributed by atoms with Crippen molar-refractivity contribution < 1.29 is 4.79 Å². The highest BCUT2D eigenvalue weighted by Gasteiger charge is 2.16. The van der Waals surface area contributed by atoms with Gasteiger partial charge in [-0.25, -0.2) is 15.0 Å². The summed E-state index contributed by atoms with van der Waals surface area (Å²) in [5.74, 6) is 0.182. The smallest absolute Gasteiger partial charge is 0.261 e. The highest BCUT2D eigenvalue weighted by molar-refractivity contribution is 7.17. The van der Waals surface area contributed by atoms with Gasteiger partial charge >= 0.3 is 0 Å². The van der Waals surface area contributed by atoms with Gasteiger partial charge in [0, 0.05) is 23.8 Å². The average molecular weight is 359 g/mol. The zero-order valence-electron chi connectivity index (χ0n) is 11.8. The second kappa shape index (κ2) is 5.91. The summed E-state index contributed by atoms with van der Waals surface area (Å²) in [5.41, 5.74) is 0.868. The van der Waals surface area contributed by atoms with Crippen LogP contribution in [0.15, 0.2) is 36.2 Å². The number of carbonyl (C=O) groups is 1. The molecular formula is C13H7ClN8OS. The number of anilines is 1. The van der Waals surface area contributed by atoms with Gasteiger partial charge in [0.2, 0.25) is 11.2 Å². The third-order valence-corrected chi connectivity index (χ3v) is 4.11. The minimum absolute atomic E-state index is 0.0814. The Labute approximate surface area is 143 Å². The number of thiophene rings is 1. The number of fused-ring (bicyclic) bond motifs is 1. The van der Waals surface area contributed by atoms with Crippen molar-refractivity contribution in [3.05, 3.63) is 47.1 Å². The Kier molecular flexibility index (Phi) is 3.59. The standard InChI is InChI=1S/C13H7ClN8OS/c14-12-16-5-8-10(20-12)7(6-24-8)11(23)21-13-15-2-1-9(19-13)22-17-3-4-18-22/h1-6H,(H,15,19,21,23). The topological polar surface area (TPSA) is 111 Å². The Balaban J connectivity index is 1.64. The van der Waals surface area contributed by atoms with Crippen LogP contribution in [-0.4, -0.2) is 40.8 Å². The van der Waals surface area contributed by atoms with Crippen LogP contribution in [0.5, 0.6) is 0 Å². The molecule has 0 unspecified atom stereocenters. The zero-order valence-corrected chi connectivity index (χ0v) is 13.4. The van der Waals surface area contributed by atoms with E-state index >= 15 is 0 Å². The molecule has 4 aromatic heterocycles. The molecule has 11 heteroatoms. The molecule has 0 aromatic carbocycles. The van der Waals surface area contributed by atoms with Crippen LogP contribution in [-0.2, 0) is 0 Å². The van der Waals surface area contributed by atoms with Crippen LogP contribution >= 0.6 is 22.9 Å². The van der Waals surface area contributed by atoms with Gasteiger partial charge in [-0.1, -0.05) is 0 Å². The number of amides is 1. The first-order valence-electron chi connectivity index (χ1n) is 6.61. The first kappa shape index (κ1) is 14.6. The van der Waals surface area contributed by atoms with E-state index in [1.165, 1.54) is 34.7 Å². The lowest BCUT2D eigenvalue weighted by atomic mass is 10.3. The van der Waals surface area contributed by atoms with E-state index < -0.39 is 0 Å². The number of hydrogen-bond donors (Lipinski definition) is 1. The number of aromatic nitrogens is 7. The van der Waals surface area contributed by atoms with Crippen molar-refractivity contribution in [2.45, 2.75) is 0 Å². The highest BCUT2D eigenvalue weighted by Crippen LogP contribution is 2.25. The van der Waals surface area contributed by atoms with Crippen LogP contribution in [0.1, 0.15) is 10.4 Å². The molecule has 0 spiro atoms. The number of nitrogens with zero attached hydrogens (tertiary/aromatic N) is 7. The van der Waals surface area contributed by atoms with Crippen LogP contribution in [0.2, 0.25) is 5.28 Å². The summed E-state index contributed by atoms with van der Waals surface area (Å²) < 4.78 is 0.764. The number of halogens is 1. The fraction of sp³-hybridized carbons (Fsp3) is 0. The van der Waals surface area contributed by atoms with Crippen LogP contribution in [0.25, 0.3) is 16.0 Å². The van der Waals surface area contributed by atoms with Crippen molar-refractivity contribution in [3.8, 4) is 5.82 Å². The number of rotatable bonds is 3. The van der Waals surface area contributed by atoms with Gasteiger partial charge in [-0.15, -0.1) is 16.1 Å². The van der Waals surface area contributed by atoms with Crippen molar-refractivity contribution in [2.24, 2.45) is 0 Å². The summed E-state index contributed by atoms with van der Waals surface area (Å²) in [5, 5.41) is 12.4. The maximum Gasteiger partial charge on any atom is 0.261 e.